The van der Waals surface area contributed by atoms with Gasteiger partial charge in [0.05, 0.1) is 14.7 Å². The van der Waals surface area contributed by atoms with Crippen molar-refractivity contribution in [3.05, 3.63) is 90.2 Å². The van der Waals surface area contributed by atoms with E-state index < -0.39 is 62.5 Å². The van der Waals surface area contributed by atoms with Crippen LogP contribution in [0.15, 0.2) is 87.5 Å². The molecule has 9 nitrogen and oxygen atoms in total. The van der Waals surface area contributed by atoms with Crippen LogP contribution in [0.3, 0.4) is 0 Å². The van der Waals surface area contributed by atoms with Crippen LogP contribution in [0, 0.1) is 66.8 Å². The van der Waals surface area contributed by atoms with E-state index in [1.807, 2.05) is 0 Å². The molecule has 34 heavy (non-hydrogen) atoms. The van der Waals surface area contributed by atoms with Crippen molar-refractivity contribution >= 4 is 30.4 Å². The fraction of sp³-hybridized carbons (Fsp3) is 0. The Kier molecular flexibility index (Phi) is 13.2. The third-order valence-electron chi connectivity index (χ3n) is 3.32. The van der Waals surface area contributed by atoms with Crippen LogP contribution in [-0.4, -0.2) is 38.9 Å². The van der Waals surface area contributed by atoms with Crippen molar-refractivity contribution in [2.24, 2.45) is 0 Å². The second-order valence-corrected chi connectivity index (χ2v) is 9.70. The van der Waals surface area contributed by atoms with Crippen LogP contribution in [0.1, 0.15) is 0 Å². The van der Waals surface area contributed by atoms with E-state index in [2.05, 4.69) is 0 Å². The smallest absolute Gasteiger partial charge is 0.744 e. The van der Waals surface area contributed by atoms with E-state index in [1.165, 1.54) is 36.4 Å². The first kappa shape index (κ1) is 32.8. The van der Waals surface area contributed by atoms with Crippen molar-refractivity contribution in [3.63, 3.8) is 0 Å². The van der Waals surface area contributed by atoms with E-state index in [0.29, 0.717) is 0 Å². The van der Waals surface area contributed by atoms with Crippen molar-refractivity contribution in [2.75, 3.05) is 0 Å². The number of hydrogen-bond acceptors (Lipinski definition) is 9. The summed E-state index contributed by atoms with van der Waals surface area (Å²) in [4.78, 5) is -2.42. The van der Waals surface area contributed by atoms with Crippen LogP contribution < -0.4 is 0 Å². The maximum Gasteiger partial charge on any atom is 3.00 e. The third kappa shape index (κ3) is 11.0. The number of benzene rings is 3. The van der Waals surface area contributed by atoms with Crippen LogP contribution in [0.5, 0.6) is 0 Å². The Morgan fingerprint density at radius 2 is 0.618 bits per heavy atom. The molecule has 184 valence electrons. The van der Waals surface area contributed by atoms with Crippen LogP contribution >= 0.6 is 0 Å². The van der Waals surface area contributed by atoms with Gasteiger partial charge in [0.25, 0.3) is 0 Å². The Morgan fingerprint density at radius 3 is 0.735 bits per heavy atom. The molecule has 0 amide bonds. The summed E-state index contributed by atoms with van der Waals surface area (Å²) < 4.78 is 130. The number of rotatable bonds is 3. The molecule has 0 aliphatic rings. The zero-order chi connectivity index (χ0) is 25.4. The van der Waals surface area contributed by atoms with Crippen molar-refractivity contribution in [2.45, 2.75) is 14.7 Å². The molecule has 0 N–H and O–H groups in total. The molecule has 3 rings (SSSR count). The van der Waals surface area contributed by atoms with Crippen LogP contribution in [0.4, 0.5) is 13.2 Å². The average molecular weight is 677 g/mol. The zero-order valence-electron chi connectivity index (χ0n) is 16.3. The summed E-state index contributed by atoms with van der Waals surface area (Å²) in [5.41, 5.74) is 0. The quantitative estimate of drug-likeness (QED) is 0.377. The molecule has 0 fully saturated rings. The van der Waals surface area contributed by atoms with Gasteiger partial charge in [-0.1, -0.05) is 36.4 Å². The zero-order valence-corrected chi connectivity index (χ0v) is 21.2. The Balaban J connectivity index is 0.000000473. The molecule has 0 aliphatic carbocycles. The van der Waals surface area contributed by atoms with Gasteiger partial charge in [-0.3, -0.25) is 0 Å². The van der Waals surface area contributed by atoms with Crippen LogP contribution in [0.2, 0.25) is 0 Å². The Hall–Kier alpha value is -1.24. The molecule has 0 saturated heterocycles. The summed E-state index contributed by atoms with van der Waals surface area (Å²) in [6.07, 6.45) is 0. The Morgan fingerprint density at radius 1 is 0.441 bits per heavy atom. The molecule has 0 aromatic heterocycles. The van der Waals surface area contributed by atoms with Crippen molar-refractivity contribution in [3.8, 4) is 0 Å². The fourth-order valence-corrected chi connectivity index (χ4v) is 3.60. The van der Waals surface area contributed by atoms with E-state index in [1.54, 1.807) is 0 Å². The van der Waals surface area contributed by atoms with Crippen LogP contribution in [-0.2, 0) is 30.4 Å². The topological polar surface area (TPSA) is 172 Å². The Labute approximate surface area is 234 Å². The van der Waals surface area contributed by atoms with Crippen molar-refractivity contribution in [1.29, 1.82) is 0 Å². The summed E-state index contributed by atoms with van der Waals surface area (Å²) in [6.45, 7) is 0. The van der Waals surface area contributed by atoms with Crippen molar-refractivity contribution in [1.82, 2.24) is 0 Å². The summed E-state index contributed by atoms with van der Waals surface area (Å²) in [5.74, 6) is -3.03. The van der Waals surface area contributed by atoms with Gasteiger partial charge in [0.1, 0.15) is 47.8 Å². The largest absolute Gasteiger partial charge is 3.00 e. The molecule has 0 aliphatic heterocycles. The maximum absolute atomic E-state index is 12.5. The van der Waals surface area contributed by atoms with Gasteiger partial charge in [-0.05, 0) is 36.4 Å². The second kappa shape index (κ2) is 13.7. The van der Waals surface area contributed by atoms with Gasteiger partial charge in [-0.15, -0.1) is 0 Å². The monoisotopic (exact) mass is 678 g/mol. The van der Waals surface area contributed by atoms with Gasteiger partial charge in [0.15, 0.2) is 0 Å². The molecule has 0 bridgehead atoms. The normalized spacial score (nSPS) is 11.1. The van der Waals surface area contributed by atoms with Gasteiger partial charge in [-0.2, -0.15) is 0 Å². The first-order valence-electron chi connectivity index (χ1n) is 8.16. The average Bonchev–Trinajstić information content (AvgIpc) is 2.67. The molecule has 0 saturated carbocycles. The number of hydrogen-bond donors (Lipinski definition) is 0. The number of halogens is 3. The molecular weight excluding hydrogens is 665 g/mol. The molecule has 0 unspecified atom stereocenters. The molecule has 3 aromatic rings. The SMILES string of the molecule is O=S(=O)([O-])c1ccccc1F.O=S(=O)([O-])c1ccccc1F.O=S(=O)([O-])c1ccccc1F.[Eu+3]. The minimum atomic E-state index is -4.66. The molecule has 16 heteroatoms. The maximum atomic E-state index is 12.5. The Bertz CT molecular complexity index is 1250. The fourth-order valence-electron chi connectivity index (χ4n) is 1.94. The summed E-state index contributed by atoms with van der Waals surface area (Å²) in [5, 5.41) is 0. The van der Waals surface area contributed by atoms with Gasteiger partial charge in [-0.25, -0.2) is 38.4 Å². The predicted molar refractivity (Wildman–Crippen MR) is 103 cm³/mol. The first-order chi connectivity index (χ1) is 15.0. The molecule has 0 spiro atoms. The van der Waals surface area contributed by atoms with E-state index >= 15 is 0 Å². The van der Waals surface area contributed by atoms with Gasteiger partial charge in [0.2, 0.25) is 0 Å². The van der Waals surface area contributed by atoms with Crippen LogP contribution in [0.25, 0.3) is 0 Å². The third-order valence-corrected chi connectivity index (χ3v) is 5.93. The van der Waals surface area contributed by atoms with E-state index in [4.69, 9.17) is 0 Å². The molecule has 0 radical (unpaired) electrons. The minimum Gasteiger partial charge on any atom is -0.744 e. The predicted octanol–water partition coefficient (Wildman–Crippen LogP) is 2.19. The first-order valence-corrected chi connectivity index (χ1v) is 12.4. The molecule has 3 aromatic carbocycles. The van der Waals surface area contributed by atoms with Gasteiger partial charge >= 0.3 is 49.4 Å². The summed E-state index contributed by atoms with van der Waals surface area (Å²) in [6, 6.07) is 13.3. The standard InChI is InChI=1S/3C6H5FO3S.Eu/c3*7-5-3-1-2-4-6(5)11(8,9)10;/h3*1-4H,(H,8,9,10);/q;;;+3/p-3. The second-order valence-electron chi connectivity index (χ2n) is 5.65. The minimum absolute atomic E-state index is 0. The molecular formula is C18H12EuF3O9S3. The van der Waals surface area contributed by atoms with Crippen molar-refractivity contribution < 1.29 is 101 Å². The summed E-state index contributed by atoms with van der Waals surface area (Å²) in [7, 11) is -14.0. The van der Waals surface area contributed by atoms with E-state index in [9.17, 15) is 52.1 Å². The molecule has 0 heterocycles. The molecule has 0 atom stereocenters. The summed E-state index contributed by atoms with van der Waals surface area (Å²) >= 11 is 0. The van der Waals surface area contributed by atoms with E-state index in [0.717, 1.165) is 36.4 Å². The van der Waals surface area contributed by atoms with E-state index in [-0.39, 0.29) is 49.4 Å². The van der Waals surface area contributed by atoms with Gasteiger partial charge in [0, 0.05) is 0 Å². The van der Waals surface area contributed by atoms with Gasteiger partial charge < -0.3 is 13.7 Å².